The van der Waals surface area contributed by atoms with Crippen LogP contribution in [0.3, 0.4) is 0 Å². The highest BCUT2D eigenvalue weighted by molar-refractivity contribution is 5.70. The van der Waals surface area contributed by atoms with Crippen LogP contribution in [0.2, 0.25) is 0 Å². The van der Waals surface area contributed by atoms with Crippen molar-refractivity contribution in [2.45, 2.75) is 117 Å². The van der Waals surface area contributed by atoms with E-state index in [4.69, 9.17) is 52.1 Å². The predicted octanol–water partition coefficient (Wildman–Crippen LogP) is -0.831. The smallest absolute Gasteiger partial charge is 0.303 e. The minimum absolute atomic E-state index is 0.587. The minimum Gasteiger partial charge on any atom is -0.463 e. The number of rotatable bonds is 12. The van der Waals surface area contributed by atoms with Gasteiger partial charge >= 0.3 is 47.8 Å². The Balaban J connectivity index is 2.69. The van der Waals surface area contributed by atoms with E-state index < -0.39 is 122 Å². The summed E-state index contributed by atoms with van der Waals surface area (Å²) >= 11 is 0. The molecule has 0 spiro atoms. The van der Waals surface area contributed by atoms with Gasteiger partial charge in [-0.05, 0) is 0 Å². The Hall–Kier alpha value is -4.36. The lowest BCUT2D eigenvalue weighted by molar-refractivity contribution is -0.377. The summed E-state index contributed by atoms with van der Waals surface area (Å²) in [6.07, 6.45) is -16.3. The van der Waals surface area contributed by atoms with Crippen molar-refractivity contribution in [1.82, 2.24) is 0 Å². The molecule has 2 rings (SSSR count). The third-order valence-corrected chi connectivity index (χ3v) is 6.16. The van der Waals surface area contributed by atoms with Crippen molar-refractivity contribution >= 4 is 47.8 Å². The van der Waals surface area contributed by atoms with Crippen LogP contribution < -0.4 is 0 Å². The molecule has 264 valence electrons. The van der Waals surface area contributed by atoms with E-state index in [1.54, 1.807) is 0 Å². The van der Waals surface area contributed by atoms with Gasteiger partial charge in [0, 0.05) is 55.4 Å². The lowest BCUT2D eigenvalue weighted by atomic mass is 9.96. The van der Waals surface area contributed by atoms with E-state index in [-0.39, 0.29) is 0 Å². The number of hydrogen-bond acceptors (Lipinski definition) is 19. The average molecular weight is 679 g/mol. The first-order valence-electron chi connectivity index (χ1n) is 14.2. The average Bonchev–Trinajstić information content (AvgIpc) is 2.91. The lowest BCUT2D eigenvalue weighted by Crippen LogP contribution is -2.66. The second-order valence-electron chi connectivity index (χ2n) is 10.3. The molecule has 0 amide bonds. The van der Waals surface area contributed by atoms with Crippen LogP contribution in [0.5, 0.6) is 0 Å². The van der Waals surface area contributed by atoms with Gasteiger partial charge in [-0.3, -0.25) is 38.4 Å². The first-order valence-corrected chi connectivity index (χ1v) is 14.2. The molecule has 10 atom stereocenters. The van der Waals surface area contributed by atoms with Crippen molar-refractivity contribution < 1.29 is 90.5 Å². The first kappa shape index (κ1) is 38.8. The Morgan fingerprint density at radius 2 is 0.638 bits per heavy atom. The Bertz CT molecular complexity index is 1110. The number of esters is 8. The number of carbonyl (C=O) groups is 8. The molecule has 0 radical (unpaired) electrons. The topological polar surface area (TPSA) is 238 Å². The Kier molecular flexibility index (Phi) is 14.5. The minimum atomic E-state index is -1.84. The van der Waals surface area contributed by atoms with E-state index in [1.165, 1.54) is 0 Å². The van der Waals surface area contributed by atoms with Gasteiger partial charge in [-0.1, -0.05) is 0 Å². The molecule has 0 aromatic heterocycles. The normalized spacial score (nSPS) is 30.0. The zero-order valence-electron chi connectivity index (χ0n) is 26.9. The van der Waals surface area contributed by atoms with Crippen LogP contribution in [0.4, 0.5) is 0 Å². The van der Waals surface area contributed by atoms with Crippen LogP contribution in [0.1, 0.15) is 55.4 Å². The van der Waals surface area contributed by atoms with Crippen LogP contribution in [0.25, 0.3) is 0 Å². The third-order valence-electron chi connectivity index (χ3n) is 6.16. The van der Waals surface area contributed by atoms with Crippen molar-refractivity contribution in [3.63, 3.8) is 0 Å². The van der Waals surface area contributed by atoms with E-state index in [2.05, 4.69) is 0 Å². The molecule has 0 aliphatic carbocycles. The van der Waals surface area contributed by atoms with Crippen LogP contribution in [-0.4, -0.2) is 122 Å². The fourth-order valence-electron chi connectivity index (χ4n) is 4.73. The zero-order chi connectivity index (χ0) is 35.6. The van der Waals surface area contributed by atoms with Crippen molar-refractivity contribution in [3.8, 4) is 0 Å². The van der Waals surface area contributed by atoms with Gasteiger partial charge in [-0.2, -0.15) is 0 Å². The van der Waals surface area contributed by atoms with Crippen LogP contribution in [-0.2, 0) is 90.5 Å². The summed E-state index contributed by atoms with van der Waals surface area (Å²) in [4.78, 5) is 96.2. The van der Waals surface area contributed by atoms with Gasteiger partial charge in [-0.25, -0.2) is 0 Å². The molecule has 0 aromatic rings. The van der Waals surface area contributed by atoms with Gasteiger partial charge in [0.05, 0.1) is 0 Å². The lowest BCUT2D eigenvalue weighted by Gasteiger charge is -2.48. The number of ether oxygens (including phenoxy) is 11. The molecule has 2 fully saturated rings. The fraction of sp³-hybridized carbons (Fsp3) is 0.714. The molecule has 19 nitrogen and oxygen atoms in total. The molecular weight excluding hydrogens is 640 g/mol. The Labute approximate surface area is 268 Å². The standard InChI is InChI=1S/C28H38O19/c1-11(29)37-9-19-21(39-13(3)31)23(41-15(5)33)25(43-17(7)35)27(45-19)47-28-26(44-18(8)36)24(42-16(6)34)22(40-14(4)32)20(46-28)10-38-12(2)30/h19-28H,9-10H2,1-8H3/t19-,20-,21-,22-,23+,24+,25-,26-,27+,28+/m0/s1. The van der Waals surface area contributed by atoms with Crippen LogP contribution in [0, 0.1) is 0 Å². The van der Waals surface area contributed by atoms with E-state index in [9.17, 15) is 38.4 Å². The summed E-state index contributed by atoms with van der Waals surface area (Å²) in [5.41, 5.74) is 0. The van der Waals surface area contributed by atoms with Crippen molar-refractivity contribution in [2.24, 2.45) is 0 Å². The summed E-state index contributed by atoms with van der Waals surface area (Å²) in [7, 11) is 0. The van der Waals surface area contributed by atoms with Crippen molar-refractivity contribution in [1.29, 1.82) is 0 Å². The maximum atomic E-state index is 12.2. The van der Waals surface area contributed by atoms with Gasteiger partial charge < -0.3 is 52.1 Å². The first-order chi connectivity index (χ1) is 21.9. The molecule has 0 bridgehead atoms. The molecule has 0 saturated carbocycles. The fourth-order valence-corrected chi connectivity index (χ4v) is 4.73. The second-order valence-corrected chi connectivity index (χ2v) is 10.3. The quantitative estimate of drug-likeness (QED) is 0.181. The van der Waals surface area contributed by atoms with E-state index >= 15 is 0 Å². The van der Waals surface area contributed by atoms with Crippen molar-refractivity contribution in [2.75, 3.05) is 13.2 Å². The number of carbonyl (C=O) groups excluding carboxylic acids is 8. The Morgan fingerprint density at radius 3 is 0.894 bits per heavy atom. The third kappa shape index (κ3) is 12.1. The highest BCUT2D eigenvalue weighted by atomic mass is 16.8. The van der Waals surface area contributed by atoms with E-state index in [0.29, 0.717) is 0 Å². The summed E-state index contributed by atoms with van der Waals surface area (Å²) in [6, 6.07) is 0. The van der Waals surface area contributed by atoms with Gasteiger partial charge in [0.25, 0.3) is 0 Å². The molecule has 0 aromatic carbocycles. The van der Waals surface area contributed by atoms with Crippen LogP contribution >= 0.6 is 0 Å². The van der Waals surface area contributed by atoms with E-state index in [0.717, 1.165) is 55.4 Å². The highest BCUT2D eigenvalue weighted by Crippen LogP contribution is 2.35. The van der Waals surface area contributed by atoms with Crippen molar-refractivity contribution in [3.05, 3.63) is 0 Å². The summed E-state index contributed by atoms with van der Waals surface area (Å²) in [5, 5.41) is 0. The molecule has 0 unspecified atom stereocenters. The predicted molar refractivity (Wildman–Crippen MR) is 145 cm³/mol. The Morgan fingerprint density at radius 1 is 0.383 bits per heavy atom. The highest BCUT2D eigenvalue weighted by Gasteiger charge is 2.57. The maximum absolute atomic E-state index is 12.2. The number of hydrogen-bond donors (Lipinski definition) is 0. The van der Waals surface area contributed by atoms with Gasteiger partial charge in [0.1, 0.15) is 25.4 Å². The maximum Gasteiger partial charge on any atom is 0.303 e. The summed E-state index contributed by atoms with van der Waals surface area (Å²) in [6.45, 7) is 7.10. The molecule has 2 aliphatic rings. The molecule has 2 heterocycles. The molecule has 2 saturated heterocycles. The van der Waals surface area contributed by atoms with Gasteiger partial charge in [-0.15, -0.1) is 0 Å². The second kappa shape index (κ2) is 17.5. The SMILES string of the molecule is CC(=O)OC[C@@H]1O[C@H](O[C@H]2O[C@@H](COC(C)=O)[C@H](OC(C)=O)[C@@H](OC(C)=O)[C@@H]2OC(C)=O)[C@@H](OC(C)=O)[C@H](OC(C)=O)[C@H]1OC(C)=O. The van der Waals surface area contributed by atoms with Gasteiger partial charge in [0.15, 0.2) is 36.6 Å². The summed E-state index contributed by atoms with van der Waals surface area (Å²) in [5.74, 6) is -6.98. The summed E-state index contributed by atoms with van der Waals surface area (Å²) < 4.78 is 60.1. The van der Waals surface area contributed by atoms with Crippen LogP contribution in [0.15, 0.2) is 0 Å². The van der Waals surface area contributed by atoms with E-state index in [1.807, 2.05) is 0 Å². The monoisotopic (exact) mass is 678 g/mol. The largest absolute Gasteiger partial charge is 0.463 e. The molecule has 2 aliphatic heterocycles. The molecule has 47 heavy (non-hydrogen) atoms. The molecule has 19 heteroatoms. The molecule has 0 N–H and O–H groups in total. The zero-order valence-corrected chi connectivity index (χ0v) is 26.9. The molecular formula is C28H38O19. The van der Waals surface area contributed by atoms with Gasteiger partial charge in [0.2, 0.25) is 12.6 Å².